The van der Waals surface area contributed by atoms with Gasteiger partial charge in [0.1, 0.15) is 5.75 Å². The zero-order valence-corrected chi connectivity index (χ0v) is 17.8. The predicted molar refractivity (Wildman–Crippen MR) is 120 cm³/mol. The average Bonchev–Trinajstić information content (AvgIpc) is 2.76. The Hall–Kier alpha value is -3.15. The van der Waals surface area contributed by atoms with Crippen molar-refractivity contribution in [3.63, 3.8) is 0 Å². The minimum absolute atomic E-state index is 0.174. The third-order valence-electron chi connectivity index (χ3n) is 4.93. The van der Waals surface area contributed by atoms with E-state index in [4.69, 9.17) is 27.9 Å². The van der Waals surface area contributed by atoms with Gasteiger partial charge in [0, 0.05) is 28.1 Å². The average molecular weight is 454 g/mol. The van der Waals surface area contributed by atoms with E-state index < -0.39 is 0 Å². The van der Waals surface area contributed by atoms with Gasteiger partial charge in [0.05, 0.1) is 22.9 Å². The first kappa shape index (κ1) is 21.1. The summed E-state index contributed by atoms with van der Waals surface area (Å²) in [7, 11) is 0. The summed E-state index contributed by atoms with van der Waals surface area (Å²) in [5.74, 6) is -0.291. The zero-order chi connectivity index (χ0) is 22.0. The molecule has 7 heteroatoms. The molecule has 0 spiro atoms. The first-order chi connectivity index (χ1) is 15.0. The van der Waals surface area contributed by atoms with Crippen molar-refractivity contribution < 1.29 is 19.1 Å². The van der Waals surface area contributed by atoms with Crippen LogP contribution >= 0.6 is 23.2 Å². The van der Waals surface area contributed by atoms with Crippen molar-refractivity contribution in [1.29, 1.82) is 0 Å². The van der Waals surface area contributed by atoms with Gasteiger partial charge in [-0.1, -0.05) is 59.6 Å². The molecule has 0 radical (unpaired) electrons. The molecule has 1 amide bonds. The zero-order valence-electron chi connectivity index (χ0n) is 16.3. The molecule has 31 heavy (non-hydrogen) atoms. The molecule has 3 aromatic rings. The molecule has 0 atom stereocenters. The smallest absolute Gasteiger partial charge is 0.224 e. The highest BCUT2D eigenvalue weighted by molar-refractivity contribution is 6.35. The fourth-order valence-corrected chi connectivity index (χ4v) is 3.93. The Bertz CT molecular complexity index is 1210. The van der Waals surface area contributed by atoms with Gasteiger partial charge < -0.3 is 10.1 Å². The molecule has 0 unspecified atom stereocenters. The normalized spacial score (nSPS) is 12.2. The standard InChI is InChI=1S/C24H17Cl2NO4/c25-14-10-11-20(18(26)13-14)31-12-4-9-21(28)27-19-8-3-7-17-22(19)24(30)16-6-2-1-5-15(16)23(17)29/h1-3,5-8,10-11,13H,4,9,12H2,(H,27,28). The van der Waals surface area contributed by atoms with Crippen molar-refractivity contribution in [1.82, 2.24) is 0 Å². The van der Waals surface area contributed by atoms with Crippen LogP contribution in [-0.4, -0.2) is 24.1 Å². The Morgan fingerprint density at radius 3 is 2.32 bits per heavy atom. The second-order valence-electron chi connectivity index (χ2n) is 7.01. The molecule has 0 heterocycles. The van der Waals surface area contributed by atoms with Gasteiger partial charge in [-0.2, -0.15) is 0 Å². The lowest BCUT2D eigenvalue weighted by Crippen LogP contribution is -2.24. The number of hydrogen-bond donors (Lipinski definition) is 1. The highest BCUT2D eigenvalue weighted by Gasteiger charge is 2.31. The lowest BCUT2D eigenvalue weighted by atomic mass is 9.83. The number of halogens is 2. The number of nitrogens with one attached hydrogen (secondary N) is 1. The molecule has 0 fully saturated rings. The molecular weight excluding hydrogens is 437 g/mol. The summed E-state index contributed by atoms with van der Waals surface area (Å²) in [6.45, 7) is 0.284. The number of amides is 1. The van der Waals surface area contributed by atoms with E-state index in [0.29, 0.717) is 44.6 Å². The molecule has 3 aromatic carbocycles. The van der Waals surface area contributed by atoms with Gasteiger partial charge in [-0.25, -0.2) is 0 Å². The lowest BCUT2D eigenvalue weighted by molar-refractivity contribution is -0.116. The maximum atomic E-state index is 13.0. The molecule has 4 rings (SSSR count). The molecule has 1 aliphatic rings. The van der Waals surface area contributed by atoms with Crippen LogP contribution in [0.1, 0.15) is 44.7 Å². The van der Waals surface area contributed by atoms with Crippen molar-refractivity contribution in [2.75, 3.05) is 11.9 Å². The van der Waals surface area contributed by atoms with Gasteiger partial charge in [0.15, 0.2) is 11.6 Å². The van der Waals surface area contributed by atoms with Crippen LogP contribution < -0.4 is 10.1 Å². The molecule has 5 nitrogen and oxygen atoms in total. The number of carbonyl (C=O) groups is 3. The molecule has 1 N–H and O–H groups in total. The molecule has 0 saturated heterocycles. The first-order valence-electron chi connectivity index (χ1n) is 9.65. The molecule has 1 aliphatic carbocycles. The van der Waals surface area contributed by atoms with Crippen molar-refractivity contribution in [3.05, 3.63) is 93.0 Å². The molecule has 0 aromatic heterocycles. The van der Waals surface area contributed by atoms with E-state index in [-0.39, 0.29) is 36.1 Å². The summed E-state index contributed by atoms with van der Waals surface area (Å²) in [6.07, 6.45) is 0.614. The number of rotatable bonds is 6. The third kappa shape index (κ3) is 4.33. The highest BCUT2D eigenvalue weighted by Crippen LogP contribution is 2.32. The fourth-order valence-electron chi connectivity index (χ4n) is 3.47. The molecular formula is C24H17Cl2NO4. The van der Waals surface area contributed by atoms with E-state index in [0.717, 1.165) is 0 Å². The minimum Gasteiger partial charge on any atom is -0.492 e. The van der Waals surface area contributed by atoms with Crippen LogP contribution in [0.5, 0.6) is 5.75 Å². The van der Waals surface area contributed by atoms with Crippen LogP contribution in [0, 0.1) is 0 Å². The maximum Gasteiger partial charge on any atom is 0.224 e. The Morgan fingerprint density at radius 2 is 1.58 bits per heavy atom. The lowest BCUT2D eigenvalue weighted by Gasteiger charge is -2.20. The van der Waals surface area contributed by atoms with Gasteiger partial charge >= 0.3 is 0 Å². The topological polar surface area (TPSA) is 72.5 Å². The number of hydrogen-bond acceptors (Lipinski definition) is 4. The van der Waals surface area contributed by atoms with Crippen LogP contribution in [0.15, 0.2) is 60.7 Å². The number of fused-ring (bicyclic) bond motifs is 2. The third-order valence-corrected chi connectivity index (χ3v) is 5.46. The van der Waals surface area contributed by atoms with Gasteiger partial charge in [-0.05, 0) is 30.7 Å². The number of ether oxygens (including phenoxy) is 1. The van der Waals surface area contributed by atoms with Crippen molar-refractivity contribution in [2.45, 2.75) is 12.8 Å². The van der Waals surface area contributed by atoms with E-state index in [1.54, 1.807) is 60.7 Å². The summed E-state index contributed by atoms with van der Waals surface area (Å²) in [5, 5.41) is 3.67. The predicted octanol–water partition coefficient (Wildman–Crippen LogP) is 5.57. The summed E-state index contributed by atoms with van der Waals surface area (Å²) >= 11 is 11.9. The van der Waals surface area contributed by atoms with Crippen LogP contribution in [0.4, 0.5) is 5.69 Å². The van der Waals surface area contributed by atoms with Crippen LogP contribution in [-0.2, 0) is 4.79 Å². The number of benzene rings is 3. The van der Waals surface area contributed by atoms with E-state index in [9.17, 15) is 14.4 Å². The molecule has 0 aliphatic heterocycles. The minimum atomic E-state index is -0.279. The summed E-state index contributed by atoms with van der Waals surface area (Å²) in [6, 6.07) is 16.5. The molecule has 0 saturated carbocycles. The highest BCUT2D eigenvalue weighted by atomic mass is 35.5. The molecule has 0 bridgehead atoms. The van der Waals surface area contributed by atoms with Crippen molar-refractivity contribution >= 4 is 46.4 Å². The van der Waals surface area contributed by atoms with E-state index in [1.807, 2.05) is 0 Å². The summed E-state index contributed by atoms with van der Waals surface area (Å²) < 4.78 is 5.58. The second-order valence-corrected chi connectivity index (χ2v) is 7.85. The van der Waals surface area contributed by atoms with Crippen molar-refractivity contribution in [3.8, 4) is 5.75 Å². The molecule has 156 valence electrons. The Labute approximate surface area is 188 Å². The monoisotopic (exact) mass is 453 g/mol. The SMILES string of the molecule is O=C(CCCOc1ccc(Cl)cc1Cl)Nc1cccc2c1C(=O)c1ccccc1C2=O. The number of anilines is 1. The largest absolute Gasteiger partial charge is 0.492 e. The van der Waals surface area contributed by atoms with E-state index >= 15 is 0 Å². The number of ketones is 2. The maximum absolute atomic E-state index is 13.0. The second kappa shape index (κ2) is 8.92. The number of carbonyl (C=O) groups excluding carboxylic acids is 3. The van der Waals surface area contributed by atoms with E-state index in [2.05, 4.69) is 5.32 Å². The van der Waals surface area contributed by atoms with Crippen LogP contribution in [0.2, 0.25) is 10.0 Å². The first-order valence-corrected chi connectivity index (χ1v) is 10.4. The Kier molecular flexibility index (Phi) is 6.07. The van der Waals surface area contributed by atoms with Crippen LogP contribution in [0.3, 0.4) is 0 Å². The Morgan fingerprint density at radius 1 is 0.871 bits per heavy atom. The fraction of sp³-hybridized carbons (Fsp3) is 0.125. The van der Waals surface area contributed by atoms with Crippen LogP contribution in [0.25, 0.3) is 0 Å². The van der Waals surface area contributed by atoms with Gasteiger partial charge in [-0.3, -0.25) is 14.4 Å². The Balaban J connectivity index is 1.41. The van der Waals surface area contributed by atoms with Gasteiger partial charge in [0.25, 0.3) is 0 Å². The van der Waals surface area contributed by atoms with Gasteiger partial charge in [-0.15, -0.1) is 0 Å². The summed E-state index contributed by atoms with van der Waals surface area (Å²) in [5.41, 5.74) is 1.57. The van der Waals surface area contributed by atoms with Crippen molar-refractivity contribution in [2.24, 2.45) is 0 Å². The van der Waals surface area contributed by atoms with Gasteiger partial charge in [0.2, 0.25) is 5.91 Å². The summed E-state index contributed by atoms with van der Waals surface area (Å²) in [4.78, 5) is 38.2. The quantitative estimate of drug-likeness (QED) is 0.387. The van der Waals surface area contributed by atoms with E-state index in [1.165, 1.54) is 0 Å².